The maximum atomic E-state index is 14.4. The average Bonchev–Trinajstić information content (AvgIpc) is 3.07. The number of rotatable bonds is 9. The Morgan fingerprint density at radius 1 is 0.939 bits per heavy atom. The number of ether oxygens (including phenoxy) is 1. The summed E-state index contributed by atoms with van der Waals surface area (Å²) in [7, 11) is 1.44. The van der Waals surface area contributed by atoms with Gasteiger partial charge in [-0.3, -0.25) is 14.6 Å². The first-order valence-corrected chi connectivity index (χ1v) is 16.3. The molecule has 16 heteroatoms. The first-order valence-electron chi connectivity index (χ1n) is 15.4. The number of hydrogen-bond donors (Lipinski definition) is 1. The summed E-state index contributed by atoms with van der Waals surface area (Å²) in [6, 6.07) is 8.37. The van der Waals surface area contributed by atoms with Gasteiger partial charge in [0.15, 0.2) is 0 Å². The van der Waals surface area contributed by atoms with Crippen molar-refractivity contribution in [1.82, 2.24) is 19.8 Å². The molecule has 0 atom stereocenters. The lowest BCUT2D eigenvalue weighted by Gasteiger charge is -2.34. The number of anilines is 2. The van der Waals surface area contributed by atoms with Gasteiger partial charge in [-0.2, -0.15) is 26.3 Å². The normalized spacial score (nSPS) is 16.3. The van der Waals surface area contributed by atoms with Crippen molar-refractivity contribution in [2.24, 2.45) is 0 Å². The lowest BCUT2D eigenvalue weighted by molar-refractivity contribution is -0.163. The number of halogens is 6. The molecule has 3 heterocycles. The summed E-state index contributed by atoms with van der Waals surface area (Å²) in [5.41, 5.74) is -3.84. The molecule has 1 aromatic heterocycles. The van der Waals surface area contributed by atoms with Gasteiger partial charge in [-0.05, 0) is 48.7 Å². The van der Waals surface area contributed by atoms with Crippen LogP contribution in [0.25, 0.3) is 6.08 Å². The van der Waals surface area contributed by atoms with Crippen LogP contribution >= 0.6 is 11.8 Å². The number of carbonyl (C=O) groups is 2. The predicted octanol–water partition coefficient (Wildman–Crippen LogP) is 6.08. The van der Waals surface area contributed by atoms with Crippen LogP contribution in [0.2, 0.25) is 0 Å². The summed E-state index contributed by atoms with van der Waals surface area (Å²) in [6.07, 6.45) is -3.14. The van der Waals surface area contributed by atoms with E-state index in [2.05, 4.69) is 15.3 Å². The monoisotopic (exact) mass is 708 g/mol. The van der Waals surface area contributed by atoms with Crippen LogP contribution in [0, 0.1) is 0 Å². The first kappa shape index (κ1) is 36.0. The van der Waals surface area contributed by atoms with Gasteiger partial charge in [0.05, 0.1) is 17.3 Å². The van der Waals surface area contributed by atoms with Crippen molar-refractivity contribution in [2.45, 2.75) is 41.0 Å². The Morgan fingerprint density at radius 3 is 2.29 bits per heavy atom. The van der Waals surface area contributed by atoms with E-state index in [4.69, 9.17) is 4.74 Å². The van der Waals surface area contributed by atoms with Crippen LogP contribution in [0.15, 0.2) is 70.9 Å². The highest BCUT2D eigenvalue weighted by atomic mass is 32.2. The third kappa shape index (κ3) is 9.23. The summed E-state index contributed by atoms with van der Waals surface area (Å²) in [5.74, 6) is -0.107. The van der Waals surface area contributed by atoms with Crippen LogP contribution < -0.4 is 10.2 Å². The van der Waals surface area contributed by atoms with Crippen LogP contribution in [0.3, 0.4) is 0 Å². The van der Waals surface area contributed by atoms with Gasteiger partial charge >= 0.3 is 12.4 Å². The molecule has 2 aliphatic heterocycles. The molecule has 2 aromatic carbocycles. The summed E-state index contributed by atoms with van der Waals surface area (Å²) >= 11 is 0.571. The van der Waals surface area contributed by atoms with E-state index in [-0.39, 0.29) is 31.6 Å². The smallest absolute Gasteiger partial charge is 0.382 e. The molecule has 2 fully saturated rings. The van der Waals surface area contributed by atoms with Gasteiger partial charge in [0.1, 0.15) is 12.4 Å². The molecule has 262 valence electrons. The van der Waals surface area contributed by atoms with Gasteiger partial charge in [0, 0.05) is 86.4 Å². The number of alkyl halides is 6. The lowest BCUT2D eigenvalue weighted by Crippen LogP contribution is -2.48. The van der Waals surface area contributed by atoms with E-state index in [1.54, 1.807) is 29.3 Å². The van der Waals surface area contributed by atoms with Gasteiger partial charge < -0.3 is 24.8 Å². The minimum absolute atomic E-state index is 0.00745. The van der Waals surface area contributed by atoms with E-state index >= 15 is 0 Å². The quantitative estimate of drug-likeness (QED) is 0.212. The minimum Gasteiger partial charge on any atom is -0.382 e. The highest BCUT2D eigenvalue weighted by Gasteiger charge is 2.46. The molecule has 49 heavy (non-hydrogen) atoms. The van der Waals surface area contributed by atoms with Crippen molar-refractivity contribution in [3.63, 3.8) is 0 Å². The van der Waals surface area contributed by atoms with E-state index < -0.39 is 39.8 Å². The van der Waals surface area contributed by atoms with Crippen LogP contribution in [-0.4, -0.2) is 90.6 Å². The predicted molar refractivity (Wildman–Crippen MR) is 172 cm³/mol. The van der Waals surface area contributed by atoms with Crippen molar-refractivity contribution in [2.75, 3.05) is 63.2 Å². The van der Waals surface area contributed by atoms with Crippen LogP contribution in [0.1, 0.15) is 29.5 Å². The Morgan fingerprint density at radius 2 is 1.65 bits per heavy atom. The maximum absolute atomic E-state index is 14.4. The molecule has 2 saturated heterocycles. The molecule has 9 nitrogen and oxygen atoms in total. The molecular weight excluding hydrogens is 674 g/mol. The van der Waals surface area contributed by atoms with Crippen molar-refractivity contribution in [3.05, 3.63) is 77.8 Å². The SMILES string of the molecule is COCC(=O)N1CCC(Nc2cccc(Sc3ccc(C=CC(=O)N4CCN(c5cnccn5)CC4)c(C(F)(F)F)c3C(F)(F)F)c2)CC1. The van der Waals surface area contributed by atoms with Gasteiger partial charge in [0.2, 0.25) is 11.8 Å². The van der Waals surface area contributed by atoms with E-state index in [1.807, 2.05) is 4.90 Å². The molecule has 3 aromatic rings. The molecule has 0 saturated carbocycles. The molecule has 1 N–H and O–H groups in total. The Bertz CT molecular complexity index is 1640. The van der Waals surface area contributed by atoms with Gasteiger partial charge in [-0.1, -0.05) is 23.9 Å². The van der Waals surface area contributed by atoms with Crippen LogP contribution in [0.5, 0.6) is 0 Å². The Hall–Kier alpha value is -4.31. The number of likely N-dealkylation sites (tertiary alicyclic amines) is 1. The zero-order valence-corrected chi connectivity index (χ0v) is 27.2. The van der Waals surface area contributed by atoms with Crippen molar-refractivity contribution in [3.8, 4) is 0 Å². The number of piperidine rings is 1. The summed E-state index contributed by atoms with van der Waals surface area (Å²) in [5, 5.41) is 3.31. The van der Waals surface area contributed by atoms with Gasteiger partial charge in [-0.15, -0.1) is 0 Å². The number of methoxy groups -OCH3 is 1. The molecular formula is C33H34F6N6O3S. The molecule has 2 amide bonds. The Labute approximate surface area is 283 Å². The molecule has 0 spiro atoms. The maximum Gasteiger partial charge on any atom is 0.418 e. The fourth-order valence-electron chi connectivity index (χ4n) is 5.79. The number of hydrogen-bond acceptors (Lipinski definition) is 8. The second-order valence-corrected chi connectivity index (χ2v) is 12.6. The highest BCUT2D eigenvalue weighted by molar-refractivity contribution is 7.99. The molecule has 0 bridgehead atoms. The number of amides is 2. The number of benzene rings is 2. The van der Waals surface area contributed by atoms with E-state index in [0.717, 1.165) is 24.3 Å². The van der Waals surface area contributed by atoms with Crippen molar-refractivity contribution < 1.29 is 40.7 Å². The number of piperazine rings is 1. The zero-order valence-electron chi connectivity index (χ0n) is 26.4. The second kappa shape index (κ2) is 15.5. The van der Waals surface area contributed by atoms with Gasteiger partial charge in [0.25, 0.3) is 0 Å². The first-order chi connectivity index (χ1) is 23.3. The third-order valence-electron chi connectivity index (χ3n) is 8.18. The standard InChI is InChI=1S/C33H34F6N6O3S/c1-48-21-29(47)44-13-9-23(10-14-44)42-24-3-2-4-25(19-24)49-26-7-5-22(30(32(34,35)36)31(26)33(37,38)39)6-8-28(46)45-17-15-43(16-18-45)27-20-40-11-12-41-27/h2-8,11-12,19-20,23,42H,9-10,13-18,21H2,1H3. The van der Waals surface area contributed by atoms with Crippen LogP contribution in [-0.2, 0) is 26.7 Å². The van der Waals surface area contributed by atoms with E-state index in [9.17, 15) is 35.9 Å². The van der Waals surface area contributed by atoms with E-state index in [0.29, 0.717) is 67.2 Å². The molecule has 5 rings (SSSR count). The third-order valence-corrected chi connectivity index (χ3v) is 9.23. The number of nitrogens with zero attached hydrogens (tertiary/aromatic N) is 5. The molecule has 0 unspecified atom stereocenters. The molecule has 0 aliphatic carbocycles. The largest absolute Gasteiger partial charge is 0.418 e. The summed E-state index contributed by atoms with van der Waals surface area (Å²) < 4.78 is 91.4. The Balaban J connectivity index is 1.31. The second-order valence-electron chi connectivity index (χ2n) is 11.5. The number of aromatic nitrogens is 2. The van der Waals surface area contributed by atoms with Crippen molar-refractivity contribution >= 4 is 41.2 Å². The number of nitrogens with one attached hydrogen (secondary N) is 1. The van der Waals surface area contributed by atoms with Gasteiger partial charge in [-0.25, -0.2) is 4.98 Å². The minimum atomic E-state index is -5.37. The zero-order chi connectivity index (χ0) is 35.2. The molecule has 2 aliphatic rings. The Kier molecular flexibility index (Phi) is 11.4. The topological polar surface area (TPSA) is 90.9 Å². The summed E-state index contributed by atoms with van der Waals surface area (Å²) in [6.45, 7) is 2.32. The number of carbonyl (C=O) groups excluding carboxylic acids is 2. The van der Waals surface area contributed by atoms with Crippen LogP contribution in [0.4, 0.5) is 37.8 Å². The van der Waals surface area contributed by atoms with Crippen molar-refractivity contribution in [1.29, 1.82) is 0 Å². The fraction of sp³-hybridized carbons (Fsp3) is 0.394. The molecule has 0 radical (unpaired) electrons. The van der Waals surface area contributed by atoms with E-state index in [1.165, 1.54) is 30.5 Å². The summed E-state index contributed by atoms with van der Waals surface area (Å²) in [4.78, 5) is 37.9. The highest BCUT2D eigenvalue weighted by Crippen LogP contribution is 2.48. The average molecular weight is 709 g/mol. The lowest BCUT2D eigenvalue weighted by atomic mass is 9.99. The fourth-order valence-corrected chi connectivity index (χ4v) is 6.83.